The van der Waals surface area contributed by atoms with Crippen LogP contribution in [0.25, 0.3) is 0 Å². The van der Waals surface area contributed by atoms with Gasteiger partial charge in [-0.25, -0.2) is 0 Å². The molecular weight excluding hydrogens is 228 g/mol. The molecule has 2 rings (SSSR count). The summed E-state index contributed by atoms with van der Waals surface area (Å²) in [6.45, 7) is 2.60. The molecule has 0 aliphatic heterocycles. The van der Waals surface area contributed by atoms with Crippen LogP contribution in [0.4, 0.5) is 0 Å². The van der Waals surface area contributed by atoms with E-state index in [4.69, 9.17) is 5.73 Å². The summed E-state index contributed by atoms with van der Waals surface area (Å²) in [6.07, 6.45) is 5.34. The van der Waals surface area contributed by atoms with Crippen molar-refractivity contribution in [2.75, 3.05) is 13.6 Å². The standard InChI is InChI=1S/C14H26N2O2/c1-10-7-14(8-10,9-15)13(18)16(2)11-5-3-4-6-12(11)17/h10-12,17H,3-9,15H2,1-2H3. The molecule has 2 aliphatic carbocycles. The summed E-state index contributed by atoms with van der Waals surface area (Å²) in [5, 5.41) is 10.0. The second kappa shape index (κ2) is 5.17. The van der Waals surface area contributed by atoms with E-state index in [2.05, 4.69) is 6.92 Å². The van der Waals surface area contributed by atoms with Crippen LogP contribution in [0.3, 0.4) is 0 Å². The Bertz CT molecular complexity index is 313. The summed E-state index contributed by atoms with van der Waals surface area (Å²) in [5.41, 5.74) is 5.48. The summed E-state index contributed by atoms with van der Waals surface area (Å²) in [4.78, 5) is 14.4. The molecule has 104 valence electrons. The molecule has 4 heteroatoms. The molecule has 2 unspecified atom stereocenters. The van der Waals surface area contributed by atoms with Crippen molar-refractivity contribution in [3.8, 4) is 0 Å². The predicted octanol–water partition coefficient (Wildman–Crippen LogP) is 1.12. The van der Waals surface area contributed by atoms with Crippen molar-refractivity contribution in [1.29, 1.82) is 0 Å². The third-order valence-electron chi connectivity index (χ3n) is 4.83. The number of aliphatic hydroxyl groups excluding tert-OH is 1. The number of rotatable bonds is 3. The molecule has 0 aromatic rings. The van der Waals surface area contributed by atoms with Crippen molar-refractivity contribution in [2.45, 2.75) is 57.6 Å². The fraction of sp³-hybridized carbons (Fsp3) is 0.929. The normalized spacial score (nSPS) is 40.1. The first kappa shape index (κ1) is 13.8. The number of aliphatic hydroxyl groups is 1. The minimum absolute atomic E-state index is 0.00872. The van der Waals surface area contributed by atoms with Gasteiger partial charge in [0.2, 0.25) is 5.91 Å². The van der Waals surface area contributed by atoms with E-state index in [1.165, 1.54) is 0 Å². The second-order valence-electron chi connectivity index (χ2n) is 6.33. The third-order valence-corrected chi connectivity index (χ3v) is 4.83. The van der Waals surface area contributed by atoms with Crippen LogP contribution in [0.15, 0.2) is 0 Å². The molecule has 2 atom stereocenters. The second-order valence-corrected chi connectivity index (χ2v) is 6.33. The zero-order valence-corrected chi connectivity index (χ0v) is 11.6. The lowest BCUT2D eigenvalue weighted by molar-refractivity contribution is -0.153. The van der Waals surface area contributed by atoms with Crippen molar-refractivity contribution in [1.82, 2.24) is 4.90 Å². The van der Waals surface area contributed by atoms with Crippen molar-refractivity contribution in [3.05, 3.63) is 0 Å². The highest BCUT2D eigenvalue weighted by Gasteiger charge is 2.49. The quantitative estimate of drug-likeness (QED) is 0.793. The first-order valence-electron chi connectivity index (χ1n) is 7.15. The maximum absolute atomic E-state index is 12.6. The zero-order chi connectivity index (χ0) is 13.3. The molecule has 18 heavy (non-hydrogen) atoms. The fourth-order valence-electron chi connectivity index (χ4n) is 3.77. The Labute approximate surface area is 110 Å². The number of hydrogen-bond acceptors (Lipinski definition) is 3. The summed E-state index contributed by atoms with van der Waals surface area (Å²) >= 11 is 0. The van der Waals surface area contributed by atoms with Gasteiger partial charge in [0.15, 0.2) is 0 Å². The van der Waals surface area contributed by atoms with E-state index in [0.29, 0.717) is 12.5 Å². The highest BCUT2D eigenvalue weighted by Crippen LogP contribution is 2.46. The van der Waals surface area contributed by atoms with Crippen LogP contribution < -0.4 is 5.73 Å². The Balaban J connectivity index is 2.03. The minimum atomic E-state index is -0.361. The van der Waals surface area contributed by atoms with Gasteiger partial charge in [0.25, 0.3) is 0 Å². The summed E-state index contributed by atoms with van der Waals surface area (Å²) in [7, 11) is 1.84. The van der Waals surface area contributed by atoms with Gasteiger partial charge in [0, 0.05) is 13.6 Å². The van der Waals surface area contributed by atoms with E-state index >= 15 is 0 Å². The molecule has 1 amide bonds. The highest BCUT2D eigenvalue weighted by molar-refractivity contribution is 5.84. The predicted molar refractivity (Wildman–Crippen MR) is 70.9 cm³/mol. The monoisotopic (exact) mass is 254 g/mol. The van der Waals surface area contributed by atoms with E-state index in [-0.39, 0.29) is 23.5 Å². The Morgan fingerprint density at radius 1 is 1.39 bits per heavy atom. The molecule has 0 heterocycles. The SMILES string of the molecule is CC1CC(CN)(C(=O)N(C)C2CCCCC2O)C1. The molecule has 0 saturated heterocycles. The summed E-state index contributed by atoms with van der Waals surface area (Å²) < 4.78 is 0. The van der Waals surface area contributed by atoms with Crippen LogP contribution in [-0.4, -0.2) is 41.7 Å². The van der Waals surface area contributed by atoms with Crippen LogP contribution >= 0.6 is 0 Å². The van der Waals surface area contributed by atoms with Crippen molar-refractivity contribution in [3.63, 3.8) is 0 Å². The Morgan fingerprint density at radius 2 is 2.00 bits per heavy atom. The molecule has 2 aliphatic rings. The molecule has 0 aromatic heterocycles. The van der Waals surface area contributed by atoms with Crippen molar-refractivity contribution in [2.24, 2.45) is 17.1 Å². The van der Waals surface area contributed by atoms with Gasteiger partial charge in [0.05, 0.1) is 17.6 Å². The van der Waals surface area contributed by atoms with Gasteiger partial charge in [-0.1, -0.05) is 19.8 Å². The van der Waals surface area contributed by atoms with Crippen LogP contribution in [0, 0.1) is 11.3 Å². The summed E-state index contributed by atoms with van der Waals surface area (Å²) in [6, 6.07) is -0.00872. The number of hydrogen-bond donors (Lipinski definition) is 2. The summed E-state index contributed by atoms with van der Waals surface area (Å²) in [5.74, 6) is 0.747. The van der Waals surface area contributed by atoms with Crippen LogP contribution in [0.1, 0.15) is 45.4 Å². The topological polar surface area (TPSA) is 66.6 Å². The number of carbonyl (C=O) groups excluding carboxylic acids is 1. The maximum Gasteiger partial charge on any atom is 0.230 e. The minimum Gasteiger partial charge on any atom is -0.391 e. The average Bonchev–Trinajstić information content (AvgIpc) is 2.33. The van der Waals surface area contributed by atoms with E-state index < -0.39 is 0 Å². The number of nitrogens with zero attached hydrogens (tertiary/aromatic N) is 1. The maximum atomic E-state index is 12.6. The zero-order valence-electron chi connectivity index (χ0n) is 11.6. The fourth-order valence-corrected chi connectivity index (χ4v) is 3.77. The molecule has 2 saturated carbocycles. The molecule has 0 radical (unpaired) electrons. The smallest absolute Gasteiger partial charge is 0.230 e. The lowest BCUT2D eigenvalue weighted by Crippen LogP contribution is -2.58. The van der Waals surface area contributed by atoms with Gasteiger partial charge in [-0.05, 0) is 31.6 Å². The van der Waals surface area contributed by atoms with Crippen molar-refractivity contribution < 1.29 is 9.90 Å². The first-order chi connectivity index (χ1) is 8.50. The number of amides is 1. The molecular formula is C14H26N2O2. The largest absolute Gasteiger partial charge is 0.391 e. The van der Waals surface area contributed by atoms with Crippen molar-refractivity contribution >= 4 is 5.91 Å². The van der Waals surface area contributed by atoms with Gasteiger partial charge in [-0.3, -0.25) is 4.79 Å². The molecule has 2 fully saturated rings. The Hall–Kier alpha value is -0.610. The first-order valence-corrected chi connectivity index (χ1v) is 7.15. The number of nitrogens with two attached hydrogens (primary N) is 1. The Kier molecular flexibility index (Phi) is 3.97. The number of likely N-dealkylation sites (N-methyl/N-ethyl adjacent to an activating group) is 1. The average molecular weight is 254 g/mol. The van der Waals surface area contributed by atoms with E-state index in [0.717, 1.165) is 38.5 Å². The molecule has 0 bridgehead atoms. The third kappa shape index (κ3) is 2.28. The van der Waals surface area contributed by atoms with Gasteiger partial charge in [-0.2, -0.15) is 0 Å². The van der Waals surface area contributed by atoms with Gasteiger partial charge < -0.3 is 15.7 Å². The van der Waals surface area contributed by atoms with Crippen LogP contribution in [-0.2, 0) is 4.79 Å². The van der Waals surface area contributed by atoms with E-state index in [1.807, 2.05) is 7.05 Å². The number of carbonyl (C=O) groups is 1. The lowest BCUT2D eigenvalue weighted by atomic mass is 9.61. The molecule has 3 N–H and O–H groups in total. The molecule has 0 aromatic carbocycles. The van der Waals surface area contributed by atoms with Gasteiger partial charge in [0.1, 0.15) is 0 Å². The Morgan fingerprint density at radius 3 is 2.50 bits per heavy atom. The van der Waals surface area contributed by atoms with E-state index in [9.17, 15) is 9.90 Å². The van der Waals surface area contributed by atoms with Crippen LogP contribution in [0.2, 0.25) is 0 Å². The highest BCUT2D eigenvalue weighted by atomic mass is 16.3. The van der Waals surface area contributed by atoms with E-state index in [1.54, 1.807) is 4.90 Å². The van der Waals surface area contributed by atoms with Crippen LogP contribution in [0.5, 0.6) is 0 Å². The molecule has 0 spiro atoms. The molecule has 4 nitrogen and oxygen atoms in total. The lowest BCUT2D eigenvalue weighted by Gasteiger charge is -2.48. The van der Waals surface area contributed by atoms with Gasteiger partial charge >= 0.3 is 0 Å². The van der Waals surface area contributed by atoms with Gasteiger partial charge in [-0.15, -0.1) is 0 Å².